The van der Waals surface area contributed by atoms with Crippen LogP contribution in [0.2, 0.25) is 5.02 Å². The Hall–Kier alpha value is -2.41. The van der Waals surface area contributed by atoms with Gasteiger partial charge in [0, 0.05) is 29.5 Å². The van der Waals surface area contributed by atoms with Crippen LogP contribution >= 0.6 is 11.6 Å². The third-order valence-corrected chi connectivity index (χ3v) is 2.78. The van der Waals surface area contributed by atoms with Crippen LogP contribution in [0.25, 0.3) is 0 Å². The first-order valence-corrected chi connectivity index (χ1v) is 6.61. The molecule has 1 aromatic carbocycles. The van der Waals surface area contributed by atoms with Gasteiger partial charge in [-0.2, -0.15) is 8.78 Å². The predicted octanol–water partition coefficient (Wildman–Crippen LogP) is 3.66. The van der Waals surface area contributed by atoms with Gasteiger partial charge in [-0.15, -0.1) is 0 Å². The number of hydrogen-bond donors (Lipinski definition) is 2. The number of rotatable bonds is 5. The number of carbonyl (C=O) groups excluding carboxylic acids is 1. The molecule has 0 spiro atoms. The fourth-order valence-corrected chi connectivity index (χ4v) is 1.83. The van der Waals surface area contributed by atoms with E-state index >= 15 is 0 Å². The molecule has 0 fully saturated rings. The Labute approximate surface area is 130 Å². The van der Waals surface area contributed by atoms with E-state index < -0.39 is 12.6 Å². The second kappa shape index (κ2) is 7.56. The van der Waals surface area contributed by atoms with E-state index in [0.717, 1.165) is 0 Å². The van der Waals surface area contributed by atoms with Crippen molar-refractivity contribution in [1.82, 2.24) is 10.3 Å². The van der Waals surface area contributed by atoms with Crippen LogP contribution < -0.4 is 15.4 Å². The molecule has 0 saturated heterocycles. The van der Waals surface area contributed by atoms with E-state index in [-0.39, 0.29) is 12.4 Å². The lowest BCUT2D eigenvalue weighted by Gasteiger charge is -2.09. The summed E-state index contributed by atoms with van der Waals surface area (Å²) in [6, 6.07) is 9.13. The van der Waals surface area contributed by atoms with E-state index in [1.807, 2.05) is 0 Å². The second-order valence-electron chi connectivity index (χ2n) is 4.20. The van der Waals surface area contributed by atoms with Crippen molar-refractivity contribution in [3.63, 3.8) is 0 Å². The molecule has 8 heteroatoms. The minimum atomic E-state index is -2.94. The molecule has 0 aliphatic heterocycles. The standard InChI is InChI=1S/C14H12ClF2N3O2/c15-10-2-1-3-11(7-10)20-14(21)19-8-9-4-5-18-12(6-9)22-13(16)17/h1-7,13H,8H2,(H2,19,20,21). The van der Waals surface area contributed by atoms with Gasteiger partial charge in [0.05, 0.1) is 0 Å². The van der Waals surface area contributed by atoms with Crippen molar-refractivity contribution in [3.05, 3.63) is 53.2 Å². The molecule has 2 rings (SSSR count). The van der Waals surface area contributed by atoms with Crippen LogP contribution in [0.5, 0.6) is 5.88 Å². The minimum Gasteiger partial charge on any atom is -0.417 e. The Morgan fingerprint density at radius 2 is 2.14 bits per heavy atom. The van der Waals surface area contributed by atoms with Crippen LogP contribution in [-0.4, -0.2) is 17.6 Å². The third-order valence-electron chi connectivity index (χ3n) is 2.54. The normalized spacial score (nSPS) is 10.4. The van der Waals surface area contributed by atoms with Gasteiger partial charge in [-0.05, 0) is 29.8 Å². The number of nitrogens with one attached hydrogen (secondary N) is 2. The highest BCUT2D eigenvalue weighted by atomic mass is 35.5. The highest BCUT2D eigenvalue weighted by Crippen LogP contribution is 2.15. The molecule has 2 amide bonds. The van der Waals surface area contributed by atoms with Crippen molar-refractivity contribution in [2.75, 3.05) is 5.32 Å². The van der Waals surface area contributed by atoms with E-state index in [0.29, 0.717) is 16.3 Å². The van der Waals surface area contributed by atoms with Gasteiger partial charge < -0.3 is 15.4 Å². The van der Waals surface area contributed by atoms with E-state index in [2.05, 4.69) is 20.4 Å². The lowest BCUT2D eigenvalue weighted by atomic mass is 10.2. The van der Waals surface area contributed by atoms with Gasteiger partial charge in [-0.1, -0.05) is 17.7 Å². The quantitative estimate of drug-likeness (QED) is 0.881. The summed E-state index contributed by atoms with van der Waals surface area (Å²) >= 11 is 5.81. The van der Waals surface area contributed by atoms with Crippen molar-refractivity contribution in [1.29, 1.82) is 0 Å². The molecule has 0 bridgehead atoms. The van der Waals surface area contributed by atoms with Crippen LogP contribution in [0.3, 0.4) is 0 Å². The molecule has 5 nitrogen and oxygen atoms in total. The highest BCUT2D eigenvalue weighted by molar-refractivity contribution is 6.30. The fraction of sp³-hybridized carbons (Fsp3) is 0.143. The Bertz CT molecular complexity index is 655. The smallest absolute Gasteiger partial charge is 0.388 e. The molecule has 1 heterocycles. The largest absolute Gasteiger partial charge is 0.417 e. The Morgan fingerprint density at radius 1 is 1.32 bits per heavy atom. The minimum absolute atomic E-state index is 0.133. The lowest BCUT2D eigenvalue weighted by molar-refractivity contribution is -0.0528. The summed E-state index contributed by atoms with van der Waals surface area (Å²) in [5, 5.41) is 5.68. The zero-order valence-electron chi connectivity index (χ0n) is 11.2. The number of hydrogen-bond acceptors (Lipinski definition) is 3. The van der Waals surface area contributed by atoms with Crippen LogP contribution in [0.15, 0.2) is 42.6 Å². The molecule has 0 saturated carbocycles. The van der Waals surface area contributed by atoms with Crippen LogP contribution in [0.1, 0.15) is 5.56 Å². The van der Waals surface area contributed by atoms with Crippen LogP contribution in [-0.2, 0) is 6.54 Å². The fourth-order valence-electron chi connectivity index (χ4n) is 1.64. The van der Waals surface area contributed by atoms with Crippen molar-refractivity contribution >= 4 is 23.3 Å². The molecular formula is C14H12ClF2N3O2. The summed E-state index contributed by atoms with van der Waals surface area (Å²) in [4.78, 5) is 15.4. The number of benzene rings is 1. The first kappa shape index (κ1) is 16.0. The number of anilines is 1. The number of carbonyl (C=O) groups is 1. The van der Waals surface area contributed by atoms with E-state index in [4.69, 9.17) is 11.6 Å². The van der Waals surface area contributed by atoms with E-state index in [1.54, 1.807) is 30.3 Å². The van der Waals surface area contributed by atoms with Gasteiger partial charge in [-0.25, -0.2) is 9.78 Å². The van der Waals surface area contributed by atoms with Crippen molar-refractivity contribution < 1.29 is 18.3 Å². The van der Waals surface area contributed by atoms with Gasteiger partial charge in [-0.3, -0.25) is 0 Å². The average molecular weight is 328 g/mol. The lowest BCUT2D eigenvalue weighted by Crippen LogP contribution is -2.28. The van der Waals surface area contributed by atoms with E-state index in [1.165, 1.54) is 12.3 Å². The molecule has 1 aromatic heterocycles. The molecule has 2 aromatic rings. The number of amides is 2. The van der Waals surface area contributed by atoms with Gasteiger partial charge in [0.1, 0.15) is 0 Å². The average Bonchev–Trinajstić information content (AvgIpc) is 2.45. The summed E-state index contributed by atoms with van der Waals surface area (Å²) in [7, 11) is 0. The maximum atomic E-state index is 12.1. The number of aromatic nitrogens is 1. The van der Waals surface area contributed by atoms with Gasteiger partial charge in [0.2, 0.25) is 5.88 Å². The zero-order valence-corrected chi connectivity index (χ0v) is 12.0. The Morgan fingerprint density at radius 3 is 2.86 bits per heavy atom. The van der Waals surface area contributed by atoms with Gasteiger partial charge in [0.25, 0.3) is 0 Å². The molecule has 0 aliphatic rings. The second-order valence-corrected chi connectivity index (χ2v) is 4.64. The van der Waals surface area contributed by atoms with Crippen molar-refractivity contribution in [2.24, 2.45) is 0 Å². The molecule has 0 atom stereocenters. The molecule has 2 N–H and O–H groups in total. The molecule has 0 aliphatic carbocycles. The predicted molar refractivity (Wildman–Crippen MR) is 78.2 cm³/mol. The number of halogens is 3. The molecule has 0 radical (unpaired) electrons. The summed E-state index contributed by atoms with van der Waals surface area (Å²) in [5.74, 6) is -0.204. The summed E-state index contributed by atoms with van der Waals surface area (Å²) < 4.78 is 28.4. The van der Waals surface area contributed by atoms with Crippen LogP contribution in [0.4, 0.5) is 19.3 Å². The number of urea groups is 1. The number of alkyl halides is 2. The maximum absolute atomic E-state index is 12.1. The summed E-state index contributed by atoms with van der Waals surface area (Å²) in [5.41, 5.74) is 1.12. The zero-order chi connectivity index (χ0) is 15.9. The number of ether oxygens (including phenoxy) is 1. The monoisotopic (exact) mass is 327 g/mol. The Kier molecular flexibility index (Phi) is 5.48. The summed E-state index contributed by atoms with van der Waals surface area (Å²) in [6.45, 7) is -2.81. The van der Waals surface area contributed by atoms with Crippen LogP contribution in [0, 0.1) is 0 Å². The molecular weight excluding hydrogens is 316 g/mol. The molecule has 22 heavy (non-hydrogen) atoms. The number of pyridine rings is 1. The van der Waals surface area contributed by atoms with Crippen molar-refractivity contribution in [2.45, 2.75) is 13.2 Å². The third kappa shape index (κ3) is 5.17. The maximum Gasteiger partial charge on any atom is 0.388 e. The van der Waals surface area contributed by atoms with Crippen molar-refractivity contribution in [3.8, 4) is 5.88 Å². The first-order chi connectivity index (χ1) is 10.5. The first-order valence-electron chi connectivity index (χ1n) is 6.23. The molecule has 116 valence electrons. The topological polar surface area (TPSA) is 63.2 Å². The van der Waals surface area contributed by atoms with Gasteiger partial charge >= 0.3 is 12.6 Å². The SMILES string of the molecule is O=C(NCc1ccnc(OC(F)F)c1)Nc1cccc(Cl)c1. The molecule has 0 unspecified atom stereocenters. The van der Waals surface area contributed by atoms with Gasteiger partial charge in [0.15, 0.2) is 0 Å². The highest BCUT2D eigenvalue weighted by Gasteiger charge is 2.07. The summed E-state index contributed by atoms with van der Waals surface area (Å²) in [6.07, 6.45) is 1.32. The van der Waals surface area contributed by atoms with E-state index in [9.17, 15) is 13.6 Å². The Balaban J connectivity index is 1.88. The number of nitrogens with zero attached hydrogens (tertiary/aromatic N) is 1.